The lowest BCUT2D eigenvalue weighted by Crippen LogP contribution is -2.32. The van der Waals surface area contributed by atoms with Crippen molar-refractivity contribution in [3.05, 3.63) is 238 Å². The quantitative estimate of drug-likeness (QED) is 0.111. The fourth-order valence-electron chi connectivity index (χ4n) is 17.1. The molecule has 0 aliphatic carbocycles. The van der Waals surface area contributed by atoms with Crippen LogP contribution in [0.1, 0.15) is 226 Å². The van der Waals surface area contributed by atoms with Crippen LogP contribution in [0.15, 0.2) is 188 Å². The van der Waals surface area contributed by atoms with Gasteiger partial charge in [0.1, 0.15) is 28.2 Å². The van der Waals surface area contributed by atoms with E-state index in [2.05, 4.69) is 397 Å². The average molecular weight is 1610 g/mol. The zero-order valence-electron chi connectivity index (χ0n) is 77.8. The molecular formula is C108H132N8O4+4. The molecule has 16 rings (SSSR count). The van der Waals surface area contributed by atoms with Crippen molar-refractivity contribution >= 4 is 88.3 Å². The van der Waals surface area contributed by atoms with Crippen molar-refractivity contribution in [3.63, 3.8) is 0 Å². The number of furan rings is 4. The molecule has 4 aromatic carbocycles. The Kier molecular flexibility index (Phi) is 24.2. The molecule has 0 amide bonds. The Labute approximate surface area is 713 Å². The third-order valence-electron chi connectivity index (χ3n) is 22.4. The number of pyridine rings is 8. The molecule has 0 radical (unpaired) electrons. The number of hydrogen-bond acceptors (Lipinski definition) is 8. The van der Waals surface area contributed by atoms with E-state index in [4.69, 9.17) is 37.6 Å². The lowest BCUT2D eigenvalue weighted by atomic mass is 9.88. The summed E-state index contributed by atoms with van der Waals surface area (Å²) in [7, 11) is 8.50. The van der Waals surface area contributed by atoms with Gasteiger partial charge in [-0.05, 0) is 200 Å². The molecule has 0 atom stereocenters. The van der Waals surface area contributed by atoms with E-state index in [-0.39, 0.29) is 32.5 Å². The lowest BCUT2D eigenvalue weighted by molar-refractivity contribution is -0.660. The minimum Gasteiger partial charge on any atom is -0.437 e. The number of hydrogen-bond donors (Lipinski definition) is 0. The molecule has 0 fully saturated rings. The van der Waals surface area contributed by atoms with Gasteiger partial charge in [0.15, 0.2) is 47.1 Å². The zero-order valence-corrected chi connectivity index (χ0v) is 77.8. The molecule has 16 aromatic rings. The highest BCUT2D eigenvalue weighted by molar-refractivity contribution is 6.12. The maximum absolute atomic E-state index is 6.42. The predicted octanol–water partition coefficient (Wildman–Crippen LogP) is 26.7. The molecule has 0 bridgehead atoms. The fraction of sp³-hybridized carbons (Fsp3) is 0.407. The van der Waals surface area contributed by atoms with Crippen LogP contribution < -0.4 is 18.3 Å². The first-order chi connectivity index (χ1) is 56.1. The number of aromatic nitrogens is 8. The second kappa shape index (κ2) is 33.4. The second-order valence-electron chi connectivity index (χ2n) is 42.2. The highest BCUT2D eigenvalue weighted by Gasteiger charge is 2.30. The van der Waals surface area contributed by atoms with Gasteiger partial charge in [-0.2, -0.15) is 0 Å². The Morgan fingerprint density at radius 1 is 0.283 bits per heavy atom. The van der Waals surface area contributed by atoms with Gasteiger partial charge in [-0.3, -0.25) is 0 Å². The number of nitrogens with zero attached hydrogens (tertiary/aromatic N) is 8. The van der Waals surface area contributed by atoms with Crippen molar-refractivity contribution in [3.8, 4) is 45.0 Å². The van der Waals surface area contributed by atoms with E-state index < -0.39 is 0 Å². The molecule has 0 saturated carbocycles. The van der Waals surface area contributed by atoms with E-state index in [1.165, 1.54) is 44.5 Å². The van der Waals surface area contributed by atoms with Gasteiger partial charge in [-0.1, -0.05) is 201 Å². The summed E-state index contributed by atoms with van der Waals surface area (Å²) in [5.41, 5.74) is 31.6. The van der Waals surface area contributed by atoms with Gasteiger partial charge in [0, 0.05) is 118 Å². The second-order valence-corrected chi connectivity index (χ2v) is 42.2. The number of rotatable bonds is 12. The van der Waals surface area contributed by atoms with Crippen LogP contribution in [0, 0.1) is 60.7 Å². The van der Waals surface area contributed by atoms with Gasteiger partial charge in [0.25, 0.3) is 0 Å². The van der Waals surface area contributed by atoms with Gasteiger partial charge in [0.05, 0.1) is 22.3 Å². The van der Waals surface area contributed by atoms with Crippen LogP contribution >= 0.6 is 0 Å². The first-order valence-electron chi connectivity index (χ1n) is 43.4. The predicted molar refractivity (Wildman–Crippen MR) is 499 cm³/mol. The van der Waals surface area contributed by atoms with Crippen molar-refractivity contribution in [1.82, 2.24) is 19.9 Å². The van der Waals surface area contributed by atoms with Crippen molar-refractivity contribution in [2.45, 2.75) is 230 Å². The molecule has 624 valence electrons. The molecule has 0 aliphatic rings. The van der Waals surface area contributed by atoms with E-state index in [1.54, 1.807) is 0 Å². The first-order valence-corrected chi connectivity index (χ1v) is 43.4. The molecule has 0 spiro atoms. The summed E-state index contributed by atoms with van der Waals surface area (Å²) in [4.78, 5) is 19.3. The average Bonchev–Trinajstić information content (AvgIpc) is 1.62. The Morgan fingerprint density at radius 2 is 0.550 bits per heavy atom. The van der Waals surface area contributed by atoms with E-state index >= 15 is 0 Å². The molecule has 0 saturated heterocycles. The van der Waals surface area contributed by atoms with E-state index in [0.717, 1.165) is 195 Å². The summed E-state index contributed by atoms with van der Waals surface area (Å²) in [6, 6.07) is 52.5. The SMILES string of the molecule is Cc1ccc2c(oc3nc(C(C)(C)C)ccc32)c1-c1ccc(CC(C)(C)C)c[n+]1C.Cc1ccc2c(oc3nc(C(C)C)ccc32)c1-c1ccc(CC(C)(C)C)c[n+]1C.Cc1ccc2c(oc3nc(CC(C)(C)C)ccc32)c1-c1ccc(CC(C)(C)C)c[n+]1C.Cc1ccc2c(oc3nc(CC(C)C)ccc32)c1-c1ccc(CC(C)(C)C)c[n+]1C. The first kappa shape index (κ1) is 87.1. The summed E-state index contributed by atoms with van der Waals surface area (Å²) < 4.78 is 34.5. The highest BCUT2D eigenvalue weighted by atomic mass is 16.4. The van der Waals surface area contributed by atoms with Gasteiger partial charge in [-0.15, -0.1) is 0 Å². The molecule has 0 aliphatic heterocycles. The number of aryl methyl sites for hydroxylation is 8. The van der Waals surface area contributed by atoms with Gasteiger partial charge in [-0.25, -0.2) is 38.2 Å². The van der Waals surface area contributed by atoms with Gasteiger partial charge in [0.2, 0.25) is 45.6 Å². The van der Waals surface area contributed by atoms with Crippen LogP contribution in [-0.2, 0) is 72.1 Å². The maximum atomic E-state index is 6.42. The normalized spacial score (nSPS) is 12.6. The van der Waals surface area contributed by atoms with Crippen LogP contribution in [0.3, 0.4) is 0 Å². The van der Waals surface area contributed by atoms with Crippen LogP contribution in [-0.4, -0.2) is 19.9 Å². The Bertz CT molecular complexity index is 6530. The fourth-order valence-corrected chi connectivity index (χ4v) is 17.1. The van der Waals surface area contributed by atoms with E-state index in [1.807, 2.05) is 0 Å². The standard InChI is InChI=1S/C28H35N2O.2C27H33N2O.C26H31N2O/c1-18-9-12-21-22-13-11-20(16-28(5,6)7)29-26(22)31-25(21)24(18)23-14-10-19(17-30(23)8)15-27(2,3)4;1-17-9-11-19-20-12-14-22(27(5,6)7)28-25(20)30-24(19)23(17)21-13-10-18(16-29(21)8)15-26(2,3)4;1-17(2)14-20-10-12-22-21-11-8-18(3)24(25(21)30-26(22)28-20)23-13-9-19(16-29(23)7)15-27(4,5)6;1-16(2)21-12-11-20-19-10-8-17(3)23(24(19)29-25(20)27-21)22-13-9-18(15-28(22)7)14-26(4,5)6/h9-14,17H,15-16H2,1-8H3;9-14,16H,15H2,1-8H3;8-13,16-17H,14-15H2,1-7H3;8-13,15-16H,14H2,1-7H3/q4*+1. The molecule has 0 N–H and O–H groups in total. The van der Waals surface area contributed by atoms with Gasteiger partial charge < -0.3 is 17.7 Å². The molecule has 12 heterocycles. The van der Waals surface area contributed by atoms with Crippen molar-refractivity contribution in [2.75, 3.05) is 0 Å². The zero-order chi connectivity index (χ0) is 86.9. The topological polar surface area (TPSA) is 120 Å². The molecule has 120 heavy (non-hydrogen) atoms. The van der Waals surface area contributed by atoms with Crippen molar-refractivity contribution in [1.29, 1.82) is 0 Å². The maximum Gasteiger partial charge on any atom is 0.227 e. The molecule has 0 unspecified atom stereocenters. The van der Waals surface area contributed by atoms with Crippen LogP contribution in [0.25, 0.3) is 133 Å². The Morgan fingerprint density at radius 3 is 0.833 bits per heavy atom. The summed E-state index contributed by atoms with van der Waals surface area (Å²) in [6.07, 6.45) is 15.1. The van der Waals surface area contributed by atoms with E-state index in [0.29, 0.717) is 11.8 Å². The van der Waals surface area contributed by atoms with Crippen LogP contribution in [0.5, 0.6) is 0 Å². The lowest BCUT2D eigenvalue weighted by Gasteiger charge is -2.17. The summed E-state index contributed by atoms with van der Waals surface area (Å²) in [5.74, 6) is 0.949. The van der Waals surface area contributed by atoms with Crippen LogP contribution in [0.4, 0.5) is 0 Å². The van der Waals surface area contributed by atoms with E-state index in [9.17, 15) is 0 Å². The summed E-state index contributed by atoms with van der Waals surface area (Å²) >= 11 is 0. The minimum absolute atomic E-state index is 0.0127. The number of benzene rings is 4. The van der Waals surface area contributed by atoms with Crippen LogP contribution in [0.2, 0.25) is 0 Å². The Balaban J connectivity index is 0.000000138. The van der Waals surface area contributed by atoms with Crippen molar-refractivity contribution in [2.24, 2.45) is 61.2 Å². The third kappa shape index (κ3) is 19.7. The highest BCUT2D eigenvalue weighted by Crippen LogP contribution is 2.43. The third-order valence-corrected chi connectivity index (χ3v) is 22.4. The minimum atomic E-state index is -0.0127. The molecule has 12 nitrogen and oxygen atoms in total. The molecule has 12 aromatic heterocycles. The largest absolute Gasteiger partial charge is 0.437 e. The smallest absolute Gasteiger partial charge is 0.227 e. The summed E-state index contributed by atoms with van der Waals surface area (Å²) in [5, 5.41) is 8.84. The monoisotopic (exact) mass is 1610 g/mol. The molecular weight excluding hydrogens is 1470 g/mol. The van der Waals surface area contributed by atoms with Crippen molar-refractivity contribution < 1.29 is 35.9 Å². The van der Waals surface area contributed by atoms with Gasteiger partial charge >= 0.3 is 0 Å². The Hall–Kier alpha value is -10.7. The summed E-state index contributed by atoms with van der Waals surface area (Å²) in [6.45, 7) is 58.0. The number of fused-ring (bicyclic) bond motifs is 12. The molecule has 12 heteroatoms.